The summed E-state index contributed by atoms with van der Waals surface area (Å²) in [5.74, 6) is 0.617. The summed E-state index contributed by atoms with van der Waals surface area (Å²) >= 11 is 0. The van der Waals surface area contributed by atoms with E-state index in [1.807, 2.05) is 0 Å². The number of fused-ring (bicyclic) bond motifs is 1. The van der Waals surface area contributed by atoms with Crippen molar-refractivity contribution in [2.45, 2.75) is 71.6 Å². The maximum atomic E-state index is 11.3. The van der Waals surface area contributed by atoms with Gasteiger partial charge in [0.15, 0.2) is 0 Å². The molecule has 1 aliphatic rings. The van der Waals surface area contributed by atoms with Crippen LogP contribution in [0.2, 0.25) is 0 Å². The summed E-state index contributed by atoms with van der Waals surface area (Å²) in [6.07, 6.45) is 3.29. The minimum absolute atomic E-state index is 0.0384. The molecule has 3 rings (SSSR count). The molecule has 0 amide bonds. The zero-order valence-electron chi connectivity index (χ0n) is 17.3. The van der Waals surface area contributed by atoms with Gasteiger partial charge in [-0.3, -0.25) is 0 Å². The molecule has 1 nitrogen and oxygen atoms in total. The van der Waals surface area contributed by atoms with Crippen LogP contribution in [0.4, 0.5) is 0 Å². The number of rotatable bonds is 2. The molecule has 1 aliphatic carbocycles. The van der Waals surface area contributed by atoms with E-state index < -0.39 is 0 Å². The van der Waals surface area contributed by atoms with Crippen LogP contribution in [0.3, 0.4) is 0 Å². The molecular weight excluding hydrogens is 316 g/mol. The van der Waals surface area contributed by atoms with Crippen LogP contribution in [0.5, 0.6) is 5.75 Å². The first-order valence-corrected chi connectivity index (χ1v) is 9.71. The molecule has 0 heterocycles. The maximum absolute atomic E-state index is 11.3. The first kappa shape index (κ1) is 18.8. The highest BCUT2D eigenvalue weighted by Gasteiger charge is 2.32. The Kier molecular flexibility index (Phi) is 4.55. The SMILES string of the molecule is CCC1=Cc2ccccc2C1c1cc(C(C)(C)C)cc(C(C)(C)C)c1O. The third kappa shape index (κ3) is 3.20. The molecule has 1 N–H and O–H groups in total. The van der Waals surface area contributed by atoms with Crippen LogP contribution in [0, 0.1) is 0 Å². The normalized spacial score (nSPS) is 17.2. The number of phenolic OH excluding ortho intramolecular Hbond substituents is 1. The molecular formula is C25H32O. The van der Waals surface area contributed by atoms with Gasteiger partial charge in [0.05, 0.1) is 0 Å². The highest BCUT2D eigenvalue weighted by Crippen LogP contribution is 2.48. The van der Waals surface area contributed by atoms with Crippen LogP contribution in [0.15, 0.2) is 42.0 Å². The molecule has 1 unspecified atom stereocenters. The summed E-state index contributed by atoms with van der Waals surface area (Å²) in [5.41, 5.74) is 7.30. The Labute approximate surface area is 158 Å². The van der Waals surface area contributed by atoms with Crippen LogP contribution in [-0.2, 0) is 10.8 Å². The number of benzene rings is 2. The van der Waals surface area contributed by atoms with Crippen LogP contribution in [0.25, 0.3) is 6.08 Å². The Hall–Kier alpha value is -2.02. The number of hydrogen-bond donors (Lipinski definition) is 1. The smallest absolute Gasteiger partial charge is 0.123 e. The van der Waals surface area contributed by atoms with Gasteiger partial charge in [-0.15, -0.1) is 0 Å². The largest absolute Gasteiger partial charge is 0.507 e. The van der Waals surface area contributed by atoms with E-state index in [0.29, 0.717) is 5.75 Å². The van der Waals surface area contributed by atoms with Crippen molar-refractivity contribution in [1.29, 1.82) is 0 Å². The van der Waals surface area contributed by atoms with Gasteiger partial charge in [0.25, 0.3) is 0 Å². The average molecular weight is 349 g/mol. The van der Waals surface area contributed by atoms with Gasteiger partial charge in [0, 0.05) is 11.5 Å². The van der Waals surface area contributed by atoms with Gasteiger partial charge >= 0.3 is 0 Å². The molecule has 0 fully saturated rings. The molecule has 26 heavy (non-hydrogen) atoms. The van der Waals surface area contributed by atoms with E-state index in [0.717, 1.165) is 17.5 Å². The number of allylic oxidation sites excluding steroid dienone is 1. The molecule has 0 spiro atoms. The van der Waals surface area contributed by atoms with E-state index in [9.17, 15) is 5.11 Å². The van der Waals surface area contributed by atoms with Crippen LogP contribution < -0.4 is 0 Å². The van der Waals surface area contributed by atoms with Crippen molar-refractivity contribution in [3.05, 3.63) is 69.8 Å². The lowest BCUT2D eigenvalue weighted by molar-refractivity contribution is 0.437. The molecule has 0 bridgehead atoms. The molecule has 0 aliphatic heterocycles. The average Bonchev–Trinajstić information content (AvgIpc) is 2.91. The third-order valence-electron chi connectivity index (χ3n) is 5.55. The quantitative estimate of drug-likeness (QED) is 0.624. The Morgan fingerprint density at radius 2 is 1.54 bits per heavy atom. The third-order valence-corrected chi connectivity index (χ3v) is 5.55. The molecule has 1 heteroatoms. The fourth-order valence-electron chi connectivity index (χ4n) is 3.94. The highest BCUT2D eigenvalue weighted by molar-refractivity contribution is 5.71. The fraction of sp³-hybridized carbons (Fsp3) is 0.440. The highest BCUT2D eigenvalue weighted by atomic mass is 16.3. The number of hydrogen-bond acceptors (Lipinski definition) is 1. The molecule has 2 aromatic carbocycles. The molecule has 0 radical (unpaired) electrons. The van der Waals surface area contributed by atoms with Gasteiger partial charge in [0.1, 0.15) is 5.75 Å². The van der Waals surface area contributed by atoms with Crippen molar-refractivity contribution in [2.75, 3.05) is 0 Å². The first-order valence-electron chi connectivity index (χ1n) is 9.71. The van der Waals surface area contributed by atoms with E-state index in [2.05, 4.69) is 90.9 Å². The molecule has 138 valence electrons. The second-order valence-electron chi connectivity index (χ2n) is 9.60. The summed E-state index contributed by atoms with van der Waals surface area (Å²) in [6, 6.07) is 13.0. The molecule has 0 saturated heterocycles. The molecule has 2 aromatic rings. The Morgan fingerprint density at radius 1 is 0.885 bits per heavy atom. The Morgan fingerprint density at radius 3 is 2.12 bits per heavy atom. The lowest BCUT2D eigenvalue weighted by Crippen LogP contribution is -2.18. The lowest BCUT2D eigenvalue weighted by atomic mass is 9.75. The summed E-state index contributed by atoms with van der Waals surface area (Å²) in [5, 5.41) is 11.3. The van der Waals surface area contributed by atoms with Crippen molar-refractivity contribution in [3.8, 4) is 5.75 Å². The standard InChI is InChI=1S/C25H32O/c1-8-16-13-17-11-9-10-12-19(17)22(16)20-14-18(24(2,3)4)15-21(23(20)26)25(5,6)7/h9-15,22,26H,8H2,1-7H3. The summed E-state index contributed by atoms with van der Waals surface area (Å²) in [6.45, 7) is 15.5. The summed E-state index contributed by atoms with van der Waals surface area (Å²) < 4.78 is 0. The van der Waals surface area contributed by atoms with Gasteiger partial charge in [-0.1, -0.05) is 96.5 Å². The van der Waals surface area contributed by atoms with E-state index >= 15 is 0 Å². The Bertz CT molecular complexity index is 857. The summed E-state index contributed by atoms with van der Waals surface area (Å²) in [4.78, 5) is 0. The molecule has 0 saturated carbocycles. The zero-order valence-corrected chi connectivity index (χ0v) is 17.3. The maximum Gasteiger partial charge on any atom is 0.123 e. The van der Waals surface area contributed by atoms with Crippen LogP contribution >= 0.6 is 0 Å². The fourth-order valence-corrected chi connectivity index (χ4v) is 3.94. The van der Waals surface area contributed by atoms with E-state index in [4.69, 9.17) is 0 Å². The van der Waals surface area contributed by atoms with Crippen molar-refractivity contribution < 1.29 is 5.11 Å². The second kappa shape index (κ2) is 6.30. The predicted molar refractivity (Wildman–Crippen MR) is 112 cm³/mol. The minimum atomic E-state index is -0.103. The van der Waals surface area contributed by atoms with Crippen molar-refractivity contribution in [3.63, 3.8) is 0 Å². The van der Waals surface area contributed by atoms with Crippen molar-refractivity contribution >= 4 is 6.08 Å². The van der Waals surface area contributed by atoms with Crippen molar-refractivity contribution in [2.24, 2.45) is 0 Å². The van der Waals surface area contributed by atoms with Gasteiger partial charge in [-0.05, 0) is 39.5 Å². The summed E-state index contributed by atoms with van der Waals surface area (Å²) in [7, 11) is 0. The van der Waals surface area contributed by atoms with Crippen LogP contribution in [0.1, 0.15) is 88.6 Å². The first-order chi connectivity index (χ1) is 12.0. The predicted octanol–water partition coefficient (Wildman–Crippen LogP) is 6.93. The van der Waals surface area contributed by atoms with Crippen LogP contribution in [-0.4, -0.2) is 5.11 Å². The monoisotopic (exact) mass is 348 g/mol. The topological polar surface area (TPSA) is 20.2 Å². The van der Waals surface area contributed by atoms with Gasteiger partial charge in [-0.25, -0.2) is 0 Å². The minimum Gasteiger partial charge on any atom is -0.507 e. The Balaban J connectivity index is 2.29. The number of aromatic hydroxyl groups is 1. The molecule has 1 atom stereocenters. The van der Waals surface area contributed by atoms with E-state index in [-0.39, 0.29) is 16.7 Å². The van der Waals surface area contributed by atoms with E-state index in [1.54, 1.807) is 0 Å². The van der Waals surface area contributed by atoms with Gasteiger partial charge in [0.2, 0.25) is 0 Å². The van der Waals surface area contributed by atoms with E-state index in [1.165, 1.54) is 22.3 Å². The number of phenols is 1. The van der Waals surface area contributed by atoms with Crippen molar-refractivity contribution in [1.82, 2.24) is 0 Å². The molecule has 0 aromatic heterocycles. The van der Waals surface area contributed by atoms with Gasteiger partial charge < -0.3 is 5.11 Å². The second-order valence-corrected chi connectivity index (χ2v) is 9.60. The lowest BCUT2D eigenvalue weighted by Gasteiger charge is -2.30. The van der Waals surface area contributed by atoms with Gasteiger partial charge in [-0.2, -0.15) is 0 Å². The zero-order chi connectivity index (χ0) is 19.3.